The summed E-state index contributed by atoms with van der Waals surface area (Å²) in [5, 5.41) is 19.0. The van der Waals surface area contributed by atoms with E-state index >= 15 is 0 Å². The van der Waals surface area contributed by atoms with Crippen LogP contribution in [0.3, 0.4) is 0 Å². The van der Waals surface area contributed by atoms with Crippen LogP contribution in [-0.4, -0.2) is 33.7 Å². The van der Waals surface area contributed by atoms with Gasteiger partial charge in [0.25, 0.3) is 5.56 Å². The molecule has 0 radical (unpaired) electrons. The molecule has 2 aromatic rings. The normalized spacial score (nSPS) is 10.6. The van der Waals surface area contributed by atoms with Gasteiger partial charge in [0.1, 0.15) is 22.7 Å². The molecular formula is C18H20N2O6. The van der Waals surface area contributed by atoms with E-state index < -0.39 is 34.4 Å². The number of ether oxygens (including phenoxy) is 1. The molecule has 0 fully saturated rings. The van der Waals surface area contributed by atoms with Crippen molar-refractivity contribution >= 4 is 17.8 Å². The Kier molecular flexibility index (Phi) is 5.35. The monoisotopic (exact) mass is 360 g/mol. The Morgan fingerprint density at radius 1 is 1.08 bits per heavy atom. The third-order valence-electron chi connectivity index (χ3n) is 3.90. The SMILES string of the molecule is CCCOc1cc(C)c(-c2c(C(=O)O)c(N)[nH]c(=O)c2C(=O)O)c(C)c1. The van der Waals surface area contributed by atoms with Gasteiger partial charge in [-0.05, 0) is 49.1 Å². The van der Waals surface area contributed by atoms with Crippen LogP contribution in [0.4, 0.5) is 5.82 Å². The predicted molar refractivity (Wildman–Crippen MR) is 96.1 cm³/mol. The van der Waals surface area contributed by atoms with Crippen LogP contribution in [0.25, 0.3) is 11.1 Å². The number of aromatic amines is 1. The molecule has 138 valence electrons. The first-order valence-corrected chi connectivity index (χ1v) is 7.95. The summed E-state index contributed by atoms with van der Waals surface area (Å²) in [6, 6.07) is 3.35. The van der Waals surface area contributed by atoms with Crippen LogP contribution >= 0.6 is 0 Å². The summed E-state index contributed by atoms with van der Waals surface area (Å²) in [5.41, 5.74) is 4.88. The molecule has 0 atom stereocenters. The first-order valence-electron chi connectivity index (χ1n) is 7.95. The van der Waals surface area contributed by atoms with Crippen molar-refractivity contribution < 1.29 is 24.5 Å². The van der Waals surface area contributed by atoms with Gasteiger partial charge in [-0.15, -0.1) is 0 Å². The molecule has 1 aromatic carbocycles. The van der Waals surface area contributed by atoms with Crippen LogP contribution in [-0.2, 0) is 0 Å². The maximum absolute atomic E-state index is 12.1. The van der Waals surface area contributed by atoms with Gasteiger partial charge in [0.05, 0.1) is 6.61 Å². The van der Waals surface area contributed by atoms with E-state index in [2.05, 4.69) is 4.98 Å². The first-order chi connectivity index (χ1) is 12.2. The lowest BCUT2D eigenvalue weighted by Gasteiger charge is -2.18. The molecule has 5 N–H and O–H groups in total. The second-order valence-corrected chi connectivity index (χ2v) is 5.88. The van der Waals surface area contributed by atoms with E-state index in [1.165, 1.54) is 0 Å². The third-order valence-corrected chi connectivity index (χ3v) is 3.90. The van der Waals surface area contributed by atoms with E-state index in [9.17, 15) is 24.6 Å². The highest BCUT2D eigenvalue weighted by atomic mass is 16.5. The zero-order valence-electron chi connectivity index (χ0n) is 14.7. The van der Waals surface area contributed by atoms with Crippen molar-refractivity contribution in [2.24, 2.45) is 0 Å². The second kappa shape index (κ2) is 7.30. The van der Waals surface area contributed by atoms with Crippen molar-refractivity contribution in [2.75, 3.05) is 12.3 Å². The summed E-state index contributed by atoms with van der Waals surface area (Å²) in [6.07, 6.45) is 0.816. The number of carbonyl (C=O) groups is 2. The molecule has 1 heterocycles. The van der Waals surface area contributed by atoms with Gasteiger partial charge in [-0.2, -0.15) is 0 Å². The van der Waals surface area contributed by atoms with E-state index in [1.54, 1.807) is 26.0 Å². The fourth-order valence-corrected chi connectivity index (χ4v) is 2.92. The number of aromatic nitrogens is 1. The zero-order valence-corrected chi connectivity index (χ0v) is 14.7. The summed E-state index contributed by atoms with van der Waals surface area (Å²) < 4.78 is 5.59. The second-order valence-electron chi connectivity index (χ2n) is 5.88. The van der Waals surface area contributed by atoms with Crippen molar-refractivity contribution in [3.8, 4) is 16.9 Å². The molecule has 2 rings (SSSR count). The lowest BCUT2D eigenvalue weighted by Crippen LogP contribution is -2.24. The summed E-state index contributed by atoms with van der Waals surface area (Å²) >= 11 is 0. The Morgan fingerprint density at radius 2 is 1.62 bits per heavy atom. The number of pyridine rings is 1. The summed E-state index contributed by atoms with van der Waals surface area (Å²) in [7, 11) is 0. The molecule has 0 amide bonds. The quantitative estimate of drug-likeness (QED) is 0.619. The highest BCUT2D eigenvalue weighted by Gasteiger charge is 2.28. The number of nitrogens with two attached hydrogens (primary N) is 1. The van der Waals surface area contributed by atoms with E-state index in [0.717, 1.165) is 6.42 Å². The Morgan fingerprint density at radius 3 is 2.08 bits per heavy atom. The van der Waals surface area contributed by atoms with Crippen LogP contribution in [0.5, 0.6) is 5.75 Å². The maximum Gasteiger partial charge on any atom is 0.342 e. The number of H-pyrrole nitrogens is 1. The van der Waals surface area contributed by atoms with Crippen LogP contribution in [0, 0.1) is 13.8 Å². The van der Waals surface area contributed by atoms with Gasteiger partial charge >= 0.3 is 11.9 Å². The molecule has 8 nitrogen and oxygen atoms in total. The number of carboxylic acid groups (broad SMARTS) is 2. The fraction of sp³-hybridized carbons (Fsp3) is 0.278. The fourth-order valence-electron chi connectivity index (χ4n) is 2.92. The smallest absolute Gasteiger partial charge is 0.342 e. The standard InChI is InChI=1S/C18H20N2O6/c1-4-5-26-10-6-8(2)11(9(3)7-10)12-13(17(22)23)15(19)20-16(21)14(12)18(24)25/h6-7H,4-5H2,1-3H3,(H,22,23)(H,24,25)(H3,19,20,21). The van der Waals surface area contributed by atoms with Gasteiger partial charge < -0.3 is 25.7 Å². The number of aromatic carboxylic acids is 2. The average Bonchev–Trinajstić information content (AvgIpc) is 2.50. The van der Waals surface area contributed by atoms with Gasteiger partial charge in [0, 0.05) is 5.56 Å². The number of hydrogen-bond acceptors (Lipinski definition) is 5. The number of nitrogens with one attached hydrogen (secondary N) is 1. The predicted octanol–water partition coefficient (Wildman–Crippen LogP) is 2.43. The van der Waals surface area contributed by atoms with Crippen LogP contribution in [0.2, 0.25) is 0 Å². The molecule has 0 spiro atoms. The lowest BCUT2D eigenvalue weighted by atomic mass is 9.89. The number of aryl methyl sites for hydroxylation is 2. The number of hydrogen-bond donors (Lipinski definition) is 4. The molecule has 0 saturated heterocycles. The highest BCUT2D eigenvalue weighted by molar-refractivity contribution is 6.08. The number of rotatable bonds is 6. The Balaban J connectivity index is 2.89. The highest BCUT2D eigenvalue weighted by Crippen LogP contribution is 2.36. The molecule has 0 aliphatic heterocycles. The van der Waals surface area contributed by atoms with Gasteiger partial charge in [0.15, 0.2) is 0 Å². The molecular weight excluding hydrogens is 340 g/mol. The Labute approximate surface area is 149 Å². The average molecular weight is 360 g/mol. The van der Waals surface area contributed by atoms with Gasteiger partial charge in [-0.25, -0.2) is 9.59 Å². The topological polar surface area (TPSA) is 143 Å². The number of benzene rings is 1. The van der Waals surface area contributed by atoms with Gasteiger partial charge in [0.2, 0.25) is 0 Å². The minimum atomic E-state index is -1.53. The Bertz CT molecular complexity index is 922. The van der Waals surface area contributed by atoms with Crippen molar-refractivity contribution in [1.82, 2.24) is 4.98 Å². The van der Waals surface area contributed by atoms with Crippen LogP contribution in [0.1, 0.15) is 45.2 Å². The molecule has 1 aromatic heterocycles. The van der Waals surface area contributed by atoms with Crippen molar-refractivity contribution in [2.45, 2.75) is 27.2 Å². The largest absolute Gasteiger partial charge is 0.494 e. The summed E-state index contributed by atoms with van der Waals surface area (Å²) in [4.78, 5) is 37.6. The minimum Gasteiger partial charge on any atom is -0.494 e. The third kappa shape index (κ3) is 3.39. The van der Waals surface area contributed by atoms with E-state index in [0.29, 0.717) is 29.0 Å². The van der Waals surface area contributed by atoms with E-state index in [1.807, 2.05) is 6.92 Å². The number of anilines is 1. The maximum atomic E-state index is 12.1. The van der Waals surface area contributed by atoms with E-state index in [-0.39, 0.29) is 5.56 Å². The molecule has 8 heteroatoms. The van der Waals surface area contributed by atoms with Crippen molar-refractivity contribution in [3.05, 3.63) is 44.7 Å². The van der Waals surface area contributed by atoms with Crippen LogP contribution in [0.15, 0.2) is 16.9 Å². The van der Waals surface area contributed by atoms with Crippen molar-refractivity contribution in [3.63, 3.8) is 0 Å². The molecule has 0 unspecified atom stereocenters. The van der Waals surface area contributed by atoms with Crippen molar-refractivity contribution in [1.29, 1.82) is 0 Å². The van der Waals surface area contributed by atoms with Crippen LogP contribution < -0.4 is 16.0 Å². The molecule has 0 aliphatic rings. The number of carboxylic acids is 2. The Hall–Kier alpha value is -3.29. The minimum absolute atomic E-state index is 0.205. The first kappa shape index (κ1) is 19.0. The zero-order chi connectivity index (χ0) is 19.6. The molecule has 26 heavy (non-hydrogen) atoms. The summed E-state index contributed by atoms with van der Waals surface area (Å²) in [5.74, 6) is -2.78. The molecule has 0 saturated carbocycles. The van der Waals surface area contributed by atoms with Gasteiger partial charge in [-0.1, -0.05) is 6.92 Å². The molecule has 0 aliphatic carbocycles. The lowest BCUT2D eigenvalue weighted by molar-refractivity contribution is 0.0695. The molecule has 0 bridgehead atoms. The van der Waals surface area contributed by atoms with E-state index in [4.69, 9.17) is 10.5 Å². The van der Waals surface area contributed by atoms with Gasteiger partial charge in [-0.3, -0.25) is 4.79 Å². The number of nitrogen functional groups attached to an aromatic ring is 1. The summed E-state index contributed by atoms with van der Waals surface area (Å²) in [6.45, 7) is 5.86.